The average molecular weight is 446 g/mol. The van der Waals surface area contributed by atoms with E-state index in [-0.39, 0.29) is 23.9 Å². The monoisotopic (exact) mass is 445 g/mol. The number of carbonyl (C=O) groups excluding carboxylic acids is 2. The number of piperidine rings is 1. The Morgan fingerprint density at radius 2 is 1.84 bits per heavy atom. The van der Waals surface area contributed by atoms with E-state index >= 15 is 0 Å². The van der Waals surface area contributed by atoms with Crippen LogP contribution in [0.3, 0.4) is 0 Å². The number of anilines is 1. The first-order chi connectivity index (χ1) is 15.0. The molecule has 1 aliphatic heterocycles. The van der Waals surface area contributed by atoms with Crippen LogP contribution in [0.15, 0.2) is 48.5 Å². The van der Waals surface area contributed by atoms with Crippen molar-refractivity contribution in [3.63, 3.8) is 0 Å². The van der Waals surface area contributed by atoms with Crippen molar-refractivity contribution in [3.8, 4) is 0 Å². The Balaban J connectivity index is 1.50. The molecule has 2 aromatic carbocycles. The van der Waals surface area contributed by atoms with E-state index < -0.39 is 5.82 Å². The fourth-order valence-electron chi connectivity index (χ4n) is 4.01. The van der Waals surface area contributed by atoms with Crippen molar-refractivity contribution in [1.82, 2.24) is 9.80 Å². The summed E-state index contributed by atoms with van der Waals surface area (Å²) in [5, 5.41) is 2.92. The average Bonchev–Trinajstić information content (AvgIpc) is 2.79. The SMILES string of the molecule is CCCN(CCC(=O)Nc1ccc(Cl)cc1F)C1CCN(C(=O)c2ccccc2)CC1. The molecule has 0 saturated carbocycles. The molecule has 0 radical (unpaired) electrons. The molecule has 0 aromatic heterocycles. The van der Waals surface area contributed by atoms with Gasteiger partial charge in [0.1, 0.15) is 5.82 Å². The topological polar surface area (TPSA) is 52.7 Å². The Hall–Kier alpha value is -2.44. The predicted octanol–water partition coefficient (Wildman–Crippen LogP) is 4.82. The van der Waals surface area contributed by atoms with Crippen molar-refractivity contribution in [2.24, 2.45) is 0 Å². The zero-order valence-corrected chi connectivity index (χ0v) is 18.6. The fraction of sp³-hybridized carbons (Fsp3) is 0.417. The van der Waals surface area contributed by atoms with Crippen molar-refractivity contribution < 1.29 is 14.0 Å². The van der Waals surface area contributed by atoms with Gasteiger partial charge in [0, 0.05) is 42.7 Å². The highest BCUT2D eigenvalue weighted by molar-refractivity contribution is 6.30. The molecular weight excluding hydrogens is 417 g/mol. The summed E-state index contributed by atoms with van der Waals surface area (Å²) >= 11 is 5.76. The zero-order chi connectivity index (χ0) is 22.2. The fourth-order valence-corrected chi connectivity index (χ4v) is 4.17. The Morgan fingerprint density at radius 1 is 1.13 bits per heavy atom. The Bertz CT molecular complexity index is 886. The molecule has 0 spiro atoms. The molecule has 1 N–H and O–H groups in total. The van der Waals surface area contributed by atoms with Gasteiger partial charge >= 0.3 is 0 Å². The maximum atomic E-state index is 13.9. The number of benzene rings is 2. The third-order valence-electron chi connectivity index (χ3n) is 5.63. The minimum atomic E-state index is -0.540. The van der Waals surface area contributed by atoms with Gasteiger partial charge in [-0.2, -0.15) is 0 Å². The van der Waals surface area contributed by atoms with Gasteiger partial charge in [0.25, 0.3) is 5.91 Å². The van der Waals surface area contributed by atoms with Crippen LogP contribution >= 0.6 is 11.6 Å². The van der Waals surface area contributed by atoms with E-state index in [4.69, 9.17) is 11.6 Å². The lowest BCUT2D eigenvalue weighted by Crippen LogP contribution is -2.47. The van der Waals surface area contributed by atoms with Crippen molar-refractivity contribution in [2.75, 3.05) is 31.5 Å². The molecule has 7 heteroatoms. The van der Waals surface area contributed by atoms with Crippen LogP contribution in [-0.4, -0.2) is 53.8 Å². The van der Waals surface area contributed by atoms with Crippen LogP contribution in [0.25, 0.3) is 0 Å². The molecule has 1 aliphatic rings. The normalized spacial score (nSPS) is 14.6. The molecule has 166 valence electrons. The Morgan fingerprint density at radius 3 is 2.48 bits per heavy atom. The summed E-state index contributed by atoms with van der Waals surface area (Å²) in [6.07, 6.45) is 3.03. The van der Waals surface area contributed by atoms with Crippen LogP contribution in [0.5, 0.6) is 0 Å². The summed E-state index contributed by atoms with van der Waals surface area (Å²) in [5.41, 5.74) is 0.863. The van der Waals surface area contributed by atoms with Crippen LogP contribution in [0, 0.1) is 5.82 Å². The lowest BCUT2D eigenvalue weighted by Gasteiger charge is -2.38. The summed E-state index contributed by atoms with van der Waals surface area (Å²) < 4.78 is 13.9. The molecule has 0 aliphatic carbocycles. The second kappa shape index (κ2) is 11.3. The quantitative estimate of drug-likeness (QED) is 0.633. The highest BCUT2D eigenvalue weighted by atomic mass is 35.5. The summed E-state index contributed by atoms with van der Waals surface area (Å²) in [7, 11) is 0. The first-order valence-electron chi connectivity index (χ1n) is 10.8. The Labute approximate surface area is 188 Å². The van der Waals surface area contributed by atoms with Gasteiger partial charge in [-0.05, 0) is 56.1 Å². The number of hydrogen-bond acceptors (Lipinski definition) is 3. The van der Waals surface area contributed by atoms with Gasteiger partial charge in [0.2, 0.25) is 5.91 Å². The molecule has 31 heavy (non-hydrogen) atoms. The van der Waals surface area contributed by atoms with Gasteiger partial charge in [-0.25, -0.2) is 4.39 Å². The van der Waals surface area contributed by atoms with E-state index in [9.17, 15) is 14.0 Å². The third kappa shape index (κ3) is 6.52. The molecule has 2 amide bonds. The number of rotatable bonds is 8. The minimum Gasteiger partial charge on any atom is -0.339 e. The standard InChI is InChI=1S/C24H29ClFN3O2/c1-2-13-28(16-12-23(30)27-22-9-8-19(25)17-21(22)26)20-10-14-29(15-11-20)24(31)18-6-4-3-5-7-18/h3-9,17,20H,2,10-16H2,1H3,(H,27,30). The number of amides is 2. The van der Waals surface area contributed by atoms with Crippen LogP contribution in [0.2, 0.25) is 5.02 Å². The maximum Gasteiger partial charge on any atom is 0.253 e. The Kier molecular flexibility index (Phi) is 8.43. The van der Waals surface area contributed by atoms with Crippen LogP contribution in [0.1, 0.15) is 43.0 Å². The summed E-state index contributed by atoms with van der Waals surface area (Å²) in [6, 6.07) is 13.9. The highest BCUT2D eigenvalue weighted by Crippen LogP contribution is 2.21. The number of carbonyl (C=O) groups is 2. The first kappa shape index (κ1) is 23.2. The predicted molar refractivity (Wildman–Crippen MR) is 122 cm³/mol. The van der Waals surface area contributed by atoms with E-state index in [1.807, 2.05) is 35.2 Å². The van der Waals surface area contributed by atoms with Crippen LogP contribution in [0.4, 0.5) is 10.1 Å². The smallest absolute Gasteiger partial charge is 0.253 e. The number of hydrogen-bond donors (Lipinski definition) is 1. The number of halogens is 2. The molecular formula is C24H29ClFN3O2. The van der Waals surface area contributed by atoms with E-state index in [0.717, 1.165) is 31.4 Å². The third-order valence-corrected chi connectivity index (χ3v) is 5.87. The zero-order valence-electron chi connectivity index (χ0n) is 17.8. The molecule has 2 aromatic rings. The minimum absolute atomic E-state index is 0.0745. The van der Waals surface area contributed by atoms with Crippen LogP contribution < -0.4 is 5.32 Å². The number of nitrogens with one attached hydrogen (secondary N) is 1. The lowest BCUT2D eigenvalue weighted by molar-refractivity contribution is -0.116. The van der Waals surface area contributed by atoms with Gasteiger partial charge in [0.15, 0.2) is 0 Å². The first-order valence-corrected chi connectivity index (χ1v) is 11.2. The summed E-state index contributed by atoms with van der Waals surface area (Å²) in [4.78, 5) is 29.2. The molecule has 1 fully saturated rings. The molecule has 3 rings (SSSR count). The van der Waals surface area contributed by atoms with Crippen molar-refractivity contribution in [2.45, 2.75) is 38.6 Å². The number of likely N-dealkylation sites (tertiary alicyclic amines) is 1. The van der Waals surface area contributed by atoms with Gasteiger partial charge in [-0.15, -0.1) is 0 Å². The second-order valence-corrected chi connectivity index (χ2v) is 8.28. The van der Waals surface area contributed by atoms with Crippen molar-refractivity contribution in [1.29, 1.82) is 0 Å². The maximum absolute atomic E-state index is 13.9. The van der Waals surface area contributed by atoms with E-state index in [2.05, 4.69) is 17.1 Å². The van der Waals surface area contributed by atoms with E-state index in [1.54, 1.807) is 6.07 Å². The molecule has 1 saturated heterocycles. The molecule has 0 bridgehead atoms. The van der Waals surface area contributed by atoms with Gasteiger partial charge in [-0.3, -0.25) is 14.5 Å². The largest absolute Gasteiger partial charge is 0.339 e. The lowest BCUT2D eigenvalue weighted by atomic mass is 10.0. The van der Waals surface area contributed by atoms with Crippen molar-refractivity contribution >= 4 is 29.1 Å². The van der Waals surface area contributed by atoms with Gasteiger partial charge < -0.3 is 10.2 Å². The van der Waals surface area contributed by atoms with E-state index in [1.165, 1.54) is 12.1 Å². The van der Waals surface area contributed by atoms with Gasteiger partial charge in [0.05, 0.1) is 5.69 Å². The second-order valence-electron chi connectivity index (χ2n) is 7.85. The highest BCUT2D eigenvalue weighted by Gasteiger charge is 2.27. The summed E-state index contributed by atoms with van der Waals surface area (Å²) in [6.45, 7) is 5.03. The van der Waals surface area contributed by atoms with E-state index in [0.29, 0.717) is 30.7 Å². The molecule has 0 unspecified atom stereocenters. The van der Waals surface area contributed by atoms with Crippen molar-refractivity contribution in [3.05, 3.63) is 64.9 Å². The number of nitrogens with zero attached hydrogens (tertiary/aromatic N) is 2. The molecule has 1 heterocycles. The van der Waals surface area contributed by atoms with Gasteiger partial charge in [-0.1, -0.05) is 36.7 Å². The molecule has 5 nitrogen and oxygen atoms in total. The van der Waals surface area contributed by atoms with Crippen LogP contribution in [-0.2, 0) is 4.79 Å². The molecule has 0 atom stereocenters. The summed E-state index contributed by atoms with van der Waals surface area (Å²) in [5.74, 6) is -0.689.